The van der Waals surface area contributed by atoms with Gasteiger partial charge in [-0.05, 0) is 33.7 Å². The number of nitrogens with one attached hydrogen (secondary N) is 1. The molecule has 0 aromatic heterocycles. The van der Waals surface area contributed by atoms with Crippen LogP contribution in [0.5, 0.6) is 0 Å². The van der Waals surface area contributed by atoms with Gasteiger partial charge in [-0.15, -0.1) is 0 Å². The first kappa shape index (κ1) is 14.3. The summed E-state index contributed by atoms with van der Waals surface area (Å²) in [6, 6.07) is 0. The van der Waals surface area contributed by atoms with E-state index < -0.39 is 5.60 Å². The van der Waals surface area contributed by atoms with Gasteiger partial charge in [-0.3, -0.25) is 0 Å². The number of nitrogens with zero attached hydrogens (tertiary/aromatic N) is 1. The second kappa shape index (κ2) is 6.21. The lowest BCUT2D eigenvalue weighted by Gasteiger charge is -2.27. The topological polar surface area (TPSA) is 50.8 Å². The van der Waals surface area contributed by atoms with Crippen molar-refractivity contribution in [3.63, 3.8) is 0 Å². The number of hydrogen-bond acceptors (Lipinski definition) is 4. The maximum Gasteiger partial charge on any atom is 0.410 e. The summed E-state index contributed by atoms with van der Waals surface area (Å²) in [6.07, 6.45) is 0.730. The summed E-state index contributed by atoms with van der Waals surface area (Å²) in [5, 5.41) is 3.26. The van der Waals surface area contributed by atoms with Gasteiger partial charge in [0.05, 0.1) is 12.7 Å². The Labute approximate surface area is 103 Å². The van der Waals surface area contributed by atoms with Gasteiger partial charge in [0, 0.05) is 20.1 Å². The van der Waals surface area contributed by atoms with Crippen LogP contribution in [-0.4, -0.2) is 56.0 Å². The summed E-state index contributed by atoms with van der Waals surface area (Å²) >= 11 is 0. The van der Waals surface area contributed by atoms with Gasteiger partial charge in [-0.2, -0.15) is 0 Å². The van der Waals surface area contributed by atoms with Crippen molar-refractivity contribution >= 4 is 6.09 Å². The highest BCUT2D eigenvalue weighted by Gasteiger charge is 2.22. The molecule has 1 amide bonds. The molecule has 1 rings (SSSR count). The Kier molecular flexibility index (Phi) is 5.21. The van der Waals surface area contributed by atoms with Crippen molar-refractivity contribution in [2.24, 2.45) is 0 Å². The molecule has 1 fully saturated rings. The molecule has 1 saturated heterocycles. The Balaban J connectivity index is 2.36. The molecule has 0 aromatic rings. The van der Waals surface area contributed by atoms with Crippen LogP contribution in [-0.2, 0) is 9.47 Å². The molecule has 1 heterocycles. The highest BCUT2D eigenvalue weighted by molar-refractivity contribution is 5.67. The van der Waals surface area contributed by atoms with Crippen LogP contribution in [0.25, 0.3) is 0 Å². The molecule has 1 aliphatic rings. The summed E-state index contributed by atoms with van der Waals surface area (Å²) in [5.74, 6) is 0. The molecule has 0 aromatic carbocycles. The predicted molar refractivity (Wildman–Crippen MR) is 66.1 cm³/mol. The van der Waals surface area contributed by atoms with Crippen LogP contribution in [0.4, 0.5) is 4.79 Å². The number of amides is 1. The molecule has 0 aliphatic carbocycles. The lowest BCUT2D eigenvalue weighted by molar-refractivity contribution is 0.00691. The van der Waals surface area contributed by atoms with Crippen LogP contribution in [0.3, 0.4) is 0 Å². The Morgan fingerprint density at radius 2 is 2.18 bits per heavy atom. The van der Waals surface area contributed by atoms with E-state index in [9.17, 15) is 4.79 Å². The van der Waals surface area contributed by atoms with Gasteiger partial charge in [-0.1, -0.05) is 0 Å². The second-order valence-corrected chi connectivity index (χ2v) is 5.39. The van der Waals surface area contributed by atoms with E-state index in [1.54, 1.807) is 11.9 Å². The van der Waals surface area contributed by atoms with Crippen molar-refractivity contribution in [2.45, 2.75) is 38.9 Å². The van der Waals surface area contributed by atoms with E-state index in [0.29, 0.717) is 13.2 Å². The van der Waals surface area contributed by atoms with Crippen molar-refractivity contribution in [3.05, 3.63) is 0 Å². The molecule has 1 unspecified atom stereocenters. The molecule has 0 saturated carbocycles. The number of carbonyl (C=O) groups is 1. The quantitative estimate of drug-likeness (QED) is 0.794. The zero-order valence-corrected chi connectivity index (χ0v) is 11.3. The summed E-state index contributed by atoms with van der Waals surface area (Å²) in [5.41, 5.74) is -0.447. The van der Waals surface area contributed by atoms with Crippen LogP contribution in [0.15, 0.2) is 0 Å². The van der Waals surface area contributed by atoms with Crippen molar-refractivity contribution in [1.29, 1.82) is 0 Å². The molecule has 1 aliphatic heterocycles. The third kappa shape index (κ3) is 5.89. The summed E-state index contributed by atoms with van der Waals surface area (Å²) in [6.45, 7) is 8.70. The standard InChI is InChI=1S/C12H24N2O3/c1-12(2,3)17-11(15)14(4)9-10-5-6-13-7-8-16-10/h10,13H,5-9H2,1-4H3. The number of hydrogen-bond donors (Lipinski definition) is 1. The molecule has 0 bridgehead atoms. The maximum atomic E-state index is 11.8. The third-order valence-corrected chi connectivity index (χ3v) is 2.46. The van der Waals surface area contributed by atoms with Gasteiger partial charge in [0.25, 0.3) is 0 Å². The van der Waals surface area contributed by atoms with Crippen molar-refractivity contribution in [1.82, 2.24) is 10.2 Å². The van der Waals surface area contributed by atoms with Gasteiger partial charge in [-0.25, -0.2) is 4.79 Å². The van der Waals surface area contributed by atoms with Gasteiger partial charge < -0.3 is 19.7 Å². The molecular weight excluding hydrogens is 220 g/mol. The van der Waals surface area contributed by atoms with E-state index in [1.165, 1.54) is 0 Å². The fourth-order valence-electron chi connectivity index (χ4n) is 1.63. The molecule has 0 spiro atoms. The van der Waals surface area contributed by atoms with Crippen LogP contribution in [0.2, 0.25) is 0 Å². The molecule has 0 radical (unpaired) electrons. The Bertz CT molecular complexity index is 243. The zero-order valence-electron chi connectivity index (χ0n) is 11.3. The van der Waals surface area contributed by atoms with E-state index in [1.807, 2.05) is 20.8 Å². The Morgan fingerprint density at radius 1 is 1.47 bits per heavy atom. The second-order valence-electron chi connectivity index (χ2n) is 5.39. The van der Waals surface area contributed by atoms with E-state index in [2.05, 4.69) is 5.32 Å². The minimum atomic E-state index is -0.447. The Hall–Kier alpha value is -0.810. The summed E-state index contributed by atoms with van der Waals surface area (Å²) < 4.78 is 10.9. The van der Waals surface area contributed by atoms with Crippen LogP contribution >= 0.6 is 0 Å². The predicted octanol–water partition coefficient (Wildman–Crippen LogP) is 1.23. The average molecular weight is 244 g/mol. The molecule has 1 N–H and O–H groups in total. The van der Waals surface area contributed by atoms with E-state index in [4.69, 9.17) is 9.47 Å². The van der Waals surface area contributed by atoms with Crippen molar-refractivity contribution < 1.29 is 14.3 Å². The SMILES string of the molecule is CN(CC1CCNCCO1)C(=O)OC(C)(C)C. The first-order valence-electron chi connectivity index (χ1n) is 6.15. The molecule has 100 valence electrons. The highest BCUT2D eigenvalue weighted by atomic mass is 16.6. The van der Waals surface area contributed by atoms with Gasteiger partial charge >= 0.3 is 6.09 Å². The normalized spacial score (nSPS) is 21.8. The molecule has 17 heavy (non-hydrogen) atoms. The van der Waals surface area contributed by atoms with Crippen LogP contribution in [0, 0.1) is 0 Å². The monoisotopic (exact) mass is 244 g/mol. The van der Waals surface area contributed by atoms with E-state index in [0.717, 1.165) is 19.5 Å². The number of carbonyl (C=O) groups excluding carboxylic acids is 1. The molecule has 1 atom stereocenters. The fourth-order valence-corrected chi connectivity index (χ4v) is 1.63. The first-order valence-corrected chi connectivity index (χ1v) is 6.15. The maximum absolute atomic E-state index is 11.8. The fraction of sp³-hybridized carbons (Fsp3) is 0.917. The molecule has 5 heteroatoms. The molecular formula is C12H24N2O3. The van der Waals surface area contributed by atoms with Gasteiger partial charge in [0.1, 0.15) is 5.60 Å². The van der Waals surface area contributed by atoms with Gasteiger partial charge in [0.2, 0.25) is 0 Å². The van der Waals surface area contributed by atoms with Gasteiger partial charge in [0.15, 0.2) is 0 Å². The van der Waals surface area contributed by atoms with E-state index >= 15 is 0 Å². The van der Waals surface area contributed by atoms with Crippen LogP contribution in [0.1, 0.15) is 27.2 Å². The molecule has 5 nitrogen and oxygen atoms in total. The van der Waals surface area contributed by atoms with Crippen LogP contribution < -0.4 is 5.32 Å². The first-order chi connectivity index (χ1) is 7.88. The largest absolute Gasteiger partial charge is 0.444 e. The lowest BCUT2D eigenvalue weighted by Crippen LogP contribution is -2.39. The van der Waals surface area contributed by atoms with Crippen molar-refractivity contribution in [2.75, 3.05) is 33.3 Å². The average Bonchev–Trinajstić information content (AvgIpc) is 2.43. The Morgan fingerprint density at radius 3 is 2.82 bits per heavy atom. The minimum Gasteiger partial charge on any atom is -0.444 e. The number of likely N-dealkylation sites (N-methyl/N-ethyl adjacent to an activating group) is 1. The smallest absolute Gasteiger partial charge is 0.410 e. The number of ether oxygens (including phenoxy) is 2. The summed E-state index contributed by atoms with van der Waals surface area (Å²) in [7, 11) is 1.75. The zero-order chi connectivity index (χ0) is 12.9. The van der Waals surface area contributed by atoms with Crippen molar-refractivity contribution in [3.8, 4) is 0 Å². The highest BCUT2D eigenvalue weighted by Crippen LogP contribution is 2.10. The minimum absolute atomic E-state index is 0.0996. The lowest BCUT2D eigenvalue weighted by atomic mass is 10.2. The summed E-state index contributed by atoms with van der Waals surface area (Å²) in [4.78, 5) is 13.3. The third-order valence-electron chi connectivity index (χ3n) is 2.46. The van der Waals surface area contributed by atoms with E-state index in [-0.39, 0.29) is 12.2 Å². The number of rotatable bonds is 2.